The third kappa shape index (κ3) is 7.19. The van der Waals surface area contributed by atoms with Gasteiger partial charge in [-0.25, -0.2) is 4.79 Å². The number of carbonyl (C=O) groups excluding carboxylic acids is 1. The van der Waals surface area contributed by atoms with Gasteiger partial charge in [0.05, 0.1) is 12.2 Å². The van der Waals surface area contributed by atoms with Crippen LogP contribution in [0, 0.1) is 0 Å². The molecule has 2 aromatic rings. The number of aliphatic hydroxyl groups excluding tert-OH is 1. The Morgan fingerprint density at radius 1 is 1.28 bits per heavy atom. The maximum Gasteiger partial charge on any atom is 0.435 e. The van der Waals surface area contributed by atoms with E-state index in [0.29, 0.717) is 31.6 Å². The molecule has 1 aliphatic rings. The van der Waals surface area contributed by atoms with Gasteiger partial charge in [-0.2, -0.15) is 23.1 Å². The molecule has 1 aliphatic heterocycles. The van der Waals surface area contributed by atoms with Gasteiger partial charge in [-0.3, -0.25) is 0 Å². The summed E-state index contributed by atoms with van der Waals surface area (Å²) in [7, 11) is 0. The summed E-state index contributed by atoms with van der Waals surface area (Å²) >= 11 is 0. The van der Waals surface area contributed by atoms with Crippen molar-refractivity contribution in [2.45, 2.75) is 71.2 Å². The quantitative estimate of drug-likeness (QED) is 0.298. The number of aliphatic hydroxyl groups is 1. The van der Waals surface area contributed by atoms with Gasteiger partial charge in [0, 0.05) is 18.7 Å². The van der Waals surface area contributed by atoms with Crippen LogP contribution in [0.15, 0.2) is 27.7 Å². The average Bonchev–Trinajstić information content (AvgIpc) is 3.44. The number of carbonyl (C=O) groups is 1. The predicted octanol–water partition coefficient (Wildman–Crippen LogP) is 5.40. The van der Waals surface area contributed by atoms with Crippen LogP contribution >= 0.6 is 0 Å². The van der Waals surface area contributed by atoms with E-state index in [4.69, 9.17) is 19.1 Å². The van der Waals surface area contributed by atoms with E-state index in [1.807, 2.05) is 4.90 Å². The van der Waals surface area contributed by atoms with Crippen LogP contribution in [-0.4, -0.2) is 57.4 Å². The smallest absolute Gasteiger partial charge is 0.435 e. The van der Waals surface area contributed by atoms with Crippen molar-refractivity contribution >= 4 is 11.9 Å². The lowest BCUT2D eigenvalue weighted by Crippen LogP contribution is -2.30. The molecule has 0 radical (unpaired) electrons. The number of nitrogens with zero attached hydrogens (tertiary/aromatic N) is 4. The van der Waals surface area contributed by atoms with Crippen LogP contribution < -0.4 is 4.74 Å². The van der Waals surface area contributed by atoms with Crippen LogP contribution in [0.5, 0.6) is 5.75 Å². The fraction of sp³-hybridized carbons (Fsp3) is 0.583. The molecule has 0 unspecified atom stereocenters. The van der Waals surface area contributed by atoms with Crippen molar-refractivity contribution in [1.82, 2.24) is 15.0 Å². The maximum absolute atomic E-state index is 13.7. The van der Waals surface area contributed by atoms with Gasteiger partial charge in [0.15, 0.2) is 0 Å². The van der Waals surface area contributed by atoms with E-state index < -0.39 is 23.4 Å². The number of aliphatic imine (C=N–C) groups is 1. The predicted molar refractivity (Wildman–Crippen MR) is 125 cm³/mol. The van der Waals surface area contributed by atoms with Gasteiger partial charge in [-0.15, -0.1) is 0 Å². The number of unbranched alkanes of at least 4 members (excludes halogenated alkanes) is 1. The number of rotatable bonds is 7. The SMILES string of the molecule is C/C(=N/C(=O)OC(C)(C)C)N1CCC[C@H]1c1nc(-c2ccc(OCCCCO)c(C(F)(F)F)c2)no1. The Morgan fingerprint density at radius 3 is 2.69 bits per heavy atom. The first kappa shape index (κ1) is 27.4. The molecule has 0 aliphatic carbocycles. The normalized spacial score (nSPS) is 16.9. The largest absolute Gasteiger partial charge is 0.493 e. The summed E-state index contributed by atoms with van der Waals surface area (Å²) in [5.74, 6) is 0.354. The van der Waals surface area contributed by atoms with E-state index in [2.05, 4.69) is 15.1 Å². The monoisotopic (exact) mass is 512 g/mol. The average molecular weight is 513 g/mol. The van der Waals surface area contributed by atoms with E-state index in [1.165, 1.54) is 12.1 Å². The van der Waals surface area contributed by atoms with Gasteiger partial charge in [0.2, 0.25) is 11.7 Å². The van der Waals surface area contributed by atoms with E-state index in [-0.39, 0.29) is 42.3 Å². The van der Waals surface area contributed by atoms with E-state index in [9.17, 15) is 18.0 Å². The highest BCUT2D eigenvalue weighted by Gasteiger charge is 2.36. The standard InChI is InChI=1S/C24H31F3N4O5/c1-15(28-22(33)35-23(2,3)4)31-11-7-8-18(31)21-29-20(30-36-21)16-9-10-19(34-13-6-5-12-32)17(14-16)24(25,26)27/h9-10,14,18,32H,5-8,11-13H2,1-4H3/b28-15-/t18-/m0/s1. The highest BCUT2D eigenvalue weighted by atomic mass is 19.4. The minimum absolute atomic E-state index is 0.0101. The van der Waals surface area contributed by atoms with Crippen molar-refractivity contribution in [3.05, 3.63) is 29.7 Å². The minimum Gasteiger partial charge on any atom is -0.493 e. The van der Waals surface area contributed by atoms with Crippen LogP contribution in [0.4, 0.5) is 18.0 Å². The Hall–Kier alpha value is -3.15. The number of aromatic nitrogens is 2. The summed E-state index contributed by atoms with van der Waals surface area (Å²) in [6.45, 7) is 7.50. The molecule has 1 aromatic heterocycles. The van der Waals surface area contributed by atoms with Gasteiger partial charge in [0.1, 0.15) is 23.2 Å². The first-order valence-electron chi connectivity index (χ1n) is 11.7. The molecule has 9 nitrogen and oxygen atoms in total. The highest BCUT2D eigenvalue weighted by Crippen LogP contribution is 2.39. The summed E-state index contributed by atoms with van der Waals surface area (Å²) in [5.41, 5.74) is -1.50. The van der Waals surface area contributed by atoms with Crippen LogP contribution in [0.3, 0.4) is 0 Å². The van der Waals surface area contributed by atoms with Crippen molar-refractivity contribution in [3.8, 4) is 17.1 Å². The first-order valence-corrected chi connectivity index (χ1v) is 11.7. The van der Waals surface area contributed by atoms with Gasteiger partial charge in [-0.1, -0.05) is 5.16 Å². The second kappa shape index (κ2) is 11.3. The molecule has 1 saturated heterocycles. The highest BCUT2D eigenvalue weighted by molar-refractivity contribution is 5.90. The number of likely N-dealkylation sites (tertiary alicyclic amines) is 1. The molecule has 1 amide bonds. The fourth-order valence-electron chi connectivity index (χ4n) is 3.79. The number of halogens is 3. The summed E-state index contributed by atoms with van der Waals surface area (Å²) in [6, 6.07) is 3.23. The third-order valence-electron chi connectivity index (χ3n) is 5.40. The van der Waals surface area contributed by atoms with Gasteiger partial charge >= 0.3 is 12.3 Å². The molecule has 0 spiro atoms. The topological polar surface area (TPSA) is 110 Å². The Morgan fingerprint density at radius 2 is 2.03 bits per heavy atom. The van der Waals surface area contributed by atoms with Crippen LogP contribution in [0.2, 0.25) is 0 Å². The van der Waals surface area contributed by atoms with Crippen molar-refractivity contribution in [3.63, 3.8) is 0 Å². The molecule has 1 N–H and O–H groups in total. The zero-order chi connectivity index (χ0) is 26.5. The first-order chi connectivity index (χ1) is 16.9. The molecule has 36 heavy (non-hydrogen) atoms. The lowest BCUT2D eigenvalue weighted by atomic mass is 10.1. The molecule has 2 heterocycles. The number of benzene rings is 1. The second-order valence-corrected chi connectivity index (χ2v) is 9.43. The zero-order valence-electron chi connectivity index (χ0n) is 20.8. The van der Waals surface area contributed by atoms with E-state index >= 15 is 0 Å². The molecule has 3 rings (SSSR count). The van der Waals surface area contributed by atoms with Crippen LogP contribution in [0.25, 0.3) is 11.4 Å². The van der Waals surface area contributed by atoms with Crippen molar-refractivity contribution in [1.29, 1.82) is 0 Å². The lowest BCUT2D eigenvalue weighted by molar-refractivity contribution is -0.138. The summed E-state index contributed by atoms with van der Waals surface area (Å²) < 4.78 is 57.0. The Balaban J connectivity index is 1.80. The Kier molecular flexibility index (Phi) is 8.59. The summed E-state index contributed by atoms with van der Waals surface area (Å²) in [5, 5.41) is 12.7. The van der Waals surface area contributed by atoms with E-state index in [1.54, 1.807) is 27.7 Å². The summed E-state index contributed by atoms with van der Waals surface area (Å²) in [6.07, 6.45) is -3.06. The molecule has 1 aromatic carbocycles. The van der Waals surface area contributed by atoms with E-state index in [0.717, 1.165) is 12.5 Å². The molecule has 0 bridgehead atoms. The Bertz CT molecular complexity index is 1080. The van der Waals surface area contributed by atoms with Gasteiger partial charge < -0.3 is 24.0 Å². The van der Waals surface area contributed by atoms with Crippen LogP contribution in [0.1, 0.15) is 70.9 Å². The number of amides is 1. The number of hydrogen-bond donors (Lipinski definition) is 1. The molecule has 1 atom stereocenters. The molecule has 12 heteroatoms. The van der Waals surface area contributed by atoms with Crippen molar-refractivity contribution in [2.24, 2.45) is 4.99 Å². The van der Waals surface area contributed by atoms with Crippen molar-refractivity contribution in [2.75, 3.05) is 19.8 Å². The third-order valence-corrected chi connectivity index (χ3v) is 5.40. The number of amidine groups is 1. The molecule has 0 saturated carbocycles. The Labute approximate surface area is 207 Å². The second-order valence-electron chi connectivity index (χ2n) is 9.43. The minimum atomic E-state index is -4.65. The van der Waals surface area contributed by atoms with Gasteiger partial charge in [-0.05, 0) is 71.6 Å². The lowest BCUT2D eigenvalue weighted by Gasteiger charge is -2.24. The van der Waals surface area contributed by atoms with Crippen LogP contribution in [-0.2, 0) is 10.9 Å². The molecular weight excluding hydrogens is 481 g/mol. The number of hydrogen-bond acceptors (Lipinski definition) is 7. The molecule has 1 fully saturated rings. The number of alkyl halides is 3. The zero-order valence-corrected chi connectivity index (χ0v) is 20.8. The number of ether oxygens (including phenoxy) is 2. The van der Waals surface area contributed by atoms with Gasteiger partial charge in [0.25, 0.3) is 0 Å². The van der Waals surface area contributed by atoms with Crippen molar-refractivity contribution < 1.29 is 37.1 Å². The molecule has 198 valence electrons. The maximum atomic E-state index is 13.7. The molecular formula is C24H31F3N4O5. The fourth-order valence-corrected chi connectivity index (χ4v) is 3.79. The summed E-state index contributed by atoms with van der Waals surface area (Å²) in [4.78, 5) is 22.3.